The van der Waals surface area contributed by atoms with Crippen molar-refractivity contribution in [2.75, 3.05) is 0 Å². The number of hydrogen-bond acceptors (Lipinski definition) is 4. The van der Waals surface area contributed by atoms with Crippen LogP contribution in [0.5, 0.6) is 0 Å². The molecule has 0 bridgehead atoms. The molecule has 0 N–H and O–H groups in total. The predicted octanol–water partition coefficient (Wildman–Crippen LogP) is 3.29. The van der Waals surface area contributed by atoms with E-state index >= 15 is 0 Å². The number of rotatable bonds is 3. The van der Waals surface area contributed by atoms with E-state index < -0.39 is 5.82 Å². The van der Waals surface area contributed by atoms with Crippen molar-refractivity contribution in [2.24, 2.45) is 0 Å². The van der Waals surface area contributed by atoms with E-state index in [9.17, 15) is 4.39 Å². The molecule has 5 heteroatoms. The molecule has 0 aliphatic carbocycles. The number of aryl methyl sites for hydroxylation is 1. The zero-order valence-corrected chi connectivity index (χ0v) is 9.92. The second-order valence-electron chi connectivity index (χ2n) is 3.43. The second kappa shape index (κ2) is 5.02. The van der Waals surface area contributed by atoms with Crippen LogP contribution in [-0.4, -0.2) is 4.98 Å². The topological polar surface area (TPSA) is 49.8 Å². The quantitative estimate of drug-likeness (QED) is 0.782. The lowest BCUT2D eigenvalue weighted by Crippen LogP contribution is -1.91. The summed E-state index contributed by atoms with van der Waals surface area (Å²) in [4.78, 5) is 4.11. The largest absolute Gasteiger partial charge is 0.440 e. The Kier molecular flexibility index (Phi) is 3.45. The zero-order valence-electron chi connectivity index (χ0n) is 9.11. The minimum absolute atomic E-state index is 0.0617. The Morgan fingerprint density at radius 2 is 2.35 bits per heavy atom. The molecule has 1 aromatic heterocycles. The number of oxazole rings is 1. The molecule has 17 heavy (non-hydrogen) atoms. The first-order valence-electron chi connectivity index (χ1n) is 4.93. The Morgan fingerprint density at radius 3 is 3.00 bits per heavy atom. The van der Waals surface area contributed by atoms with Gasteiger partial charge in [-0.15, -0.1) is 0 Å². The van der Waals surface area contributed by atoms with Crippen molar-refractivity contribution in [2.45, 2.75) is 17.9 Å². The van der Waals surface area contributed by atoms with Crippen LogP contribution in [0.2, 0.25) is 0 Å². The Morgan fingerprint density at radius 1 is 1.53 bits per heavy atom. The maximum absolute atomic E-state index is 13.7. The average Bonchev–Trinajstić information content (AvgIpc) is 2.74. The van der Waals surface area contributed by atoms with Crippen molar-refractivity contribution in [1.82, 2.24) is 4.98 Å². The molecule has 0 saturated heterocycles. The van der Waals surface area contributed by atoms with Crippen LogP contribution in [0, 0.1) is 24.1 Å². The molecular formula is C12H9FN2OS. The Bertz CT molecular complexity index is 574. The maximum atomic E-state index is 13.7. The van der Waals surface area contributed by atoms with E-state index in [2.05, 4.69) is 4.98 Å². The summed E-state index contributed by atoms with van der Waals surface area (Å²) in [6, 6.07) is 6.59. The fraction of sp³-hybridized carbons (Fsp3) is 0.167. The molecule has 2 rings (SSSR count). The third-order valence-corrected chi connectivity index (χ3v) is 3.04. The lowest BCUT2D eigenvalue weighted by atomic mass is 10.1. The second-order valence-corrected chi connectivity index (χ2v) is 4.36. The van der Waals surface area contributed by atoms with Gasteiger partial charge in [0.2, 0.25) is 0 Å². The summed E-state index contributed by atoms with van der Waals surface area (Å²) in [5.74, 6) is -0.0767. The van der Waals surface area contributed by atoms with Gasteiger partial charge in [0.1, 0.15) is 18.1 Å². The predicted molar refractivity (Wildman–Crippen MR) is 61.9 cm³/mol. The normalized spacial score (nSPS) is 10.2. The number of nitriles is 1. The molecule has 1 heterocycles. The molecule has 2 aromatic rings. The number of benzene rings is 1. The minimum atomic E-state index is -0.467. The highest BCUT2D eigenvalue weighted by molar-refractivity contribution is 7.98. The molecular weight excluding hydrogens is 239 g/mol. The fourth-order valence-electron chi connectivity index (χ4n) is 1.32. The molecule has 0 spiro atoms. The molecule has 3 nitrogen and oxygen atoms in total. The number of nitrogens with zero attached hydrogens (tertiary/aromatic N) is 2. The molecule has 0 radical (unpaired) electrons. The van der Waals surface area contributed by atoms with Crippen molar-refractivity contribution in [1.29, 1.82) is 5.26 Å². The molecule has 1 aromatic carbocycles. The van der Waals surface area contributed by atoms with Gasteiger partial charge in [0, 0.05) is 5.75 Å². The summed E-state index contributed by atoms with van der Waals surface area (Å²) in [7, 11) is 0. The molecule has 0 fully saturated rings. The van der Waals surface area contributed by atoms with Gasteiger partial charge >= 0.3 is 0 Å². The highest BCUT2D eigenvalue weighted by Gasteiger charge is 2.09. The first-order chi connectivity index (χ1) is 8.20. The van der Waals surface area contributed by atoms with Crippen LogP contribution in [0.15, 0.2) is 34.1 Å². The summed E-state index contributed by atoms with van der Waals surface area (Å²) in [6.45, 7) is 1.82. The molecule has 0 aliphatic rings. The summed E-state index contributed by atoms with van der Waals surface area (Å²) in [5, 5.41) is 9.21. The van der Waals surface area contributed by atoms with Crippen molar-refractivity contribution in [3.05, 3.63) is 47.1 Å². The van der Waals surface area contributed by atoms with Gasteiger partial charge in [-0.2, -0.15) is 5.26 Å². The van der Waals surface area contributed by atoms with Crippen molar-refractivity contribution in [3.63, 3.8) is 0 Å². The van der Waals surface area contributed by atoms with Crippen LogP contribution in [0.3, 0.4) is 0 Å². The zero-order chi connectivity index (χ0) is 12.3. The molecule has 0 saturated carbocycles. The van der Waals surface area contributed by atoms with Crippen LogP contribution in [0.25, 0.3) is 0 Å². The van der Waals surface area contributed by atoms with Gasteiger partial charge in [-0.3, -0.25) is 0 Å². The number of halogens is 1. The molecule has 0 amide bonds. The Labute approximate surface area is 102 Å². The third-order valence-electron chi connectivity index (χ3n) is 2.15. The van der Waals surface area contributed by atoms with Crippen LogP contribution in [0.4, 0.5) is 4.39 Å². The van der Waals surface area contributed by atoms with Crippen LogP contribution in [-0.2, 0) is 5.75 Å². The maximum Gasteiger partial charge on any atom is 0.256 e. The van der Waals surface area contributed by atoms with E-state index in [1.807, 2.05) is 13.0 Å². The van der Waals surface area contributed by atoms with Gasteiger partial charge in [0.05, 0.1) is 11.3 Å². The van der Waals surface area contributed by atoms with E-state index in [1.165, 1.54) is 17.8 Å². The molecule has 0 aliphatic heterocycles. The summed E-state index contributed by atoms with van der Waals surface area (Å²) in [6.07, 6.45) is 1.55. The monoisotopic (exact) mass is 248 g/mol. The summed E-state index contributed by atoms with van der Waals surface area (Å²) < 4.78 is 18.8. The van der Waals surface area contributed by atoms with Crippen molar-refractivity contribution >= 4 is 11.8 Å². The Balaban J connectivity index is 2.12. The van der Waals surface area contributed by atoms with Gasteiger partial charge < -0.3 is 4.42 Å². The Hall–Kier alpha value is -1.80. The highest BCUT2D eigenvalue weighted by Crippen LogP contribution is 2.24. The minimum Gasteiger partial charge on any atom is -0.440 e. The number of thioether (sulfide) groups is 1. The summed E-state index contributed by atoms with van der Waals surface area (Å²) >= 11 is 1.30. The lowest BCUT2D eigenvalue weighted by molar-refractivity contribution is 0.454. The SMILES string of the molecule is Cc1coc(SCc2cccc(C#N)c2F)n1. The van der Waals surface area contributed by atoms with Crippen LogP contribution >= 0.6 is 11.8 Å². The van der Waals surface area contributed by atoms with Gasteiger partial charge in [0.25, 0.3) is 5.22 Å². The number of aromatic nitrogens is 1. The van der Waals surface area contributed by atoms with E-state index in [0.29, 0.717) is 16.5 Å². The third kappa shape index (κ3) is 2.66. The molecule has 0 atom stereocenters. The molecule has 0 unspecified atom stereocenters. The van der Waals surface area contributed by atoms with Crippen molar-refractivity contribution in [3.8, 4) is 6.07 Å². The van der Waals surface area contributed by atoms with Gasteiger partial charge in [-0.05, 0) is 18.6 Å². The van der Waals surface area contributed by atoms with Gasteiger partial charge in [0.15, 0.2) is 0 Å². The lowest BCUT2D eigenvalue weighted by Gasteiger charge is -2.01. The number of hydrogen-bond donors (Lipinski definition) is 0. The first kappa shape index (κ1) is 11.7. The first-order valence-corrected chi connectivity index (χ1v) is 5.91. The van der Waals surface area contributed by atoms with Crippen LogP contribution < -0.4 is 0 Å². The fourth-order valence-corrected chi connectivity index (χ4v) is 2.14. The summed E-state index contributed by atoms with van der Waals surface area (Å²) in [5.41, 5.74) is 1.33. The van der Waals surface area contributed by atoms with Crippen molar-refractivity contribution < 1.29 is 8.81 Å². The van der Waals surface area contributed by atoms with Gasteiger partial charge in [-0.25, -0.2) is 9.37 Å². The standard InChI is InChI=1S/C12H9FN2OS/c1-8-6-16-12(15-8)17-7-10-4-2-3-9(5-14)11(10)13/h2-4,6H,7H2,1H3. The van der Waals surface area contributed by atoms with E-state index in [-0.39, 0.29) is 5.56 Å². The van der Waals surface area contributed by atoms with E-state index in [1.54, 1.807) is 18.4 Å². The average molecular weight is 248 g/mol. The van der Waals surface area contributed by atoms with Gasteiger partial charge in [-0.1, -0.05) is 23.9 Å². The smallest absolute Gasteiger partial charge is 0.256 e. The van der Waals surface area contributed by atoms with E-state index in [4.69, 9.17) is 9.68 Å². The van der Waals surface area contributed by atoms with Crippen LogP contribution in [0.1, 0.15) is 16.8 Å². The van der Waals surface area contributed by atoms with E-state index in [0.717, 1.165) is 5.69 Å². The molecule has 86 valence electrons. The highest BCUT2D eigenvalue weighted by atomic mass is 32.2.